The molecule has 1 unspecified atom stereocenters. The van der Waals surface area contributed by atoms with Crippen molar-refractivity contribution in [3.63, 3.8) is 0 Å². The second-order valence-electron chi connectivity index (χ2n) is 6.82. The maximum atomic E-state index is 12.4. The summed E-state index contributed by atoms with van der Waals surface area (Å²) in [5.74, 6) is -0.415. The van der Waals surface area contributed by atoms with Gasteiger partial charge in [-0.3, -0.25) is 10.1 Å². The second kappa shape index (κ2) is 9.05. The lowest BCUT2D eigenvalue weighted by Gasteiger charge is -2.15. The molecule has 0 fully saturated rings. The number of aromatic nitrogens is 2. The van der Waals surface area contributed by atoms with Crippen molar-refractivity contribution in [1.29, 1.82) is 0 Å². The summed E-state index contributed by atoms with van der Waals surface area (Å²) in [5, 5.41) is 12.8. The zero-order valence-corrected chi connectivity index (χ0v) is 16.8. The standard InChI is InChI=1S/C22H25N5O2/c1-15-20(17(3)27(26-15)19-12-8-5-9-13-19)24-16(2)21(28)25-22(29)23-14-18-10-6-4-7-11-18/h4-13,16,24H,14H2,1-3H3,(H2,23,25,28,29). The summed E-state index contributed by atoms with van der Waals surface area (Å²) in [6, 6.07) is 18.2. The van der Waals surface area contributed by atoms with Gasteiger partial charge >= 0.3 is 6.03 Å². The quantitative estimate of drug-likeness (QED) is 0.601. The number of aryl methyl sites for hydroxylation is 1. The number of imide groups is 1. The van der Waals surface area contributed by atoms with Crippen LogP contribution in [0, 0.1) is 13.8 Å². The summed E-state index contributed by atoms with van der Waals surface area (Å²) in [6.45, 7) is 5.88. The van der Waals surface area contributed by atoms with Crippen LogP contribution in [0.1, 0.15) is 23.9 Å². The van der Waals surface area contributed by atoms with Crippen LogP contribution in [-0.2, 0) is 11.3 Å². The summed E-state index contributed by atoms with van der Waals surface area (Å²) < 4.78 is 1.83. The Balaban J connectivity index is 1.59. The van der Waals surface area contributed by atoms with E-state index in [0.717, 1.165) is 28.3 Å². The van der Waals surface area contributed by atoms with Gasteiger partial charge in [-0.25, -0.2) is 9.48 Å². The summed E-state index contributed by atoms with van der Waals surface area (Å²) in [4.78, 5) is 24.4. The summed E-state index contributed by atoms with van der Waals surface area (Å²) in [7, 11) is 0. The van der Waals surface area contributed by atoms with Crippen molar-refractivity contribution >= 4 is 17.6 Å². The van der Waals surface area contributed by atoms with Crippen molar-refractivity contribution < 1.29 is 9.59 Å². The van der Waals surface area contributed by atoms with E-state index in [9.17, 15) is 9.59 Å². The average Bonchev–Trinajstić information content (AvgIpc) is 3.02. The third-order valence-corrected chi connectivity index (χ3v) is 4.58. The third-order valence-electron chi connectivity index (χ3n) is 4.58. The van der Waals surface area contributed by atoms with Crippen molar-refractivity contribution in [2.24, 2.45) is 0 Å². The Bertz CT molecular complexity index is 983. The molecule has 3 rings (SSSR count). The molecule has 7 nitrogen and oxygen atoms in total. The number of amides is 3. The average molecular weight is 391 g/mol. The van der Waals surface area contributed by atoms with E-state index >= 15 is 0 Å². The van der Waals surface area contributed by atoms with Crippen molar-refractivity contribution in [3.05, 3.63) is 77.6 Å². The molecule has 0 aliphatic heterocycles. The normalized spacial score (nSPS) is 11.6. The number of anilines is 1. The highest BCUT2D eigenvalue weighted by Gasteiger charge is 2.20. The molecule has 7 heteroatoms. The lowest BCUT2D eigenvalue weighted by atomic mass is 10.2. The molecule has 2 aromatic carbocycles. The number of nitrogens with zero attached hydrogens (tertiary/aromatic N) is 2. The van der Waals surface area contributed by atoms with Crippen LogP contribution >= 0.6 is 0 Å². The summed E-state index contributed by atoms with van der Waals surface area (Å²) in [6.07, 6.45) is 0. The Morgan fingerprint density at radius 3 is 2.28 bits per heavy atom. The first-order valence-electron chi connectivity index (χ1n) is 9.46. The topological polar surface area (TPSA) is 88.1 Å². The molecule has 0 bridgehead atoms. The summed E-state index contributed by atoms with van der Waals surface area (Å²) >= 11 is 0. The molecule has 0 aliphatic rings. The van der Waals surface area contributed by atoms with E-state index in [1.165, 1.54) is 0 Å². The predicted octanol–water partition coefficient (Wildman–Crippen LogP) is 3.32. The number of hydrogen-bond acceptors (Lipinski definition) is 4. The smallest absolute Gasteiger partial charge is 0.321 e. The highest BCUT2D eigenvalue weighted by molar-refractivity contribution is 5.98. The minimum atomic E-state index is -0.608. The first-order chi connectivity index (χ1) is 14.0. The van der Waals surface area contributed by atoms with Gasteiger partial charge in [0.1, 0.15) is 6.04 Å². The molecule has 0 radical (unpaired) electrons. The molecule has 0 aliphatic carbocycles. The molecule has 0 saturated carbocycles. The van der Waals surface area contributed by atoms with Gasteiger partial charge in [-0.2, -0.15) is 5.10 Å². The van der Waals surface area contributed by atoms with E-state index in [2.05, 4.69) is 21.0 Å². The Hall–Kier alpha value is -3.61. The second-order valence-corrected chi connectivity index (χ2v) is 6.82. The third kappa shape index (κ3) is 5.01. The largest absolute Gasteiger partial charge is 0.371 e. The predicted molar refractivity (Wildman–Crippen MR) is 113 cm³/mol. The molecule has 0 spiro atoms. The number of benzene rings is 2. The number of para-hydroxylation sites is 1. The lowest BCUT2D eigenvalue weighted by Crippen LogP contribution is -2.45. The SMILES string of the molecule is Cc1nn(-c2ccccc2)c(C)c1NC(C)C(=O)NC(=O)NCc1ccccc1. The highest BCUT2D eigenvalue weighted by Crippen LogP contribution is 2.23. The van der Waals surface area contributed by atoms with Gasteiger partial charge < -0.3 is 10.6 Å². The maximum Gasteiger partial charge on any atom is 0.321 e. The fourth-order valence-corrected chi connectivity index (χ4v) is 3.00. The zero-order chi connectivity index (χ0) is 20.8. The van der Waals surface area contributed by atoms with Crippen molar-refractivity contribution in [1.82, 2.24) is 20.4 Å². The minimum Gasteiger partial charge on any atom is -0.371 e. The molecular formula is C22H25N5O2. The van der Waals surface area contributed by atoms with Crippen LogP contribution < -0.4 is 16.0 Å². The highest BCUT2D eigenvalue weighted by atomic mass is 16.2. The number of urea groups is 1. The van der Waals surface area contributed by atoms with Crippen molar-refractivity contribution in [3.8, 4) is 5.69 Å². The van der Waals surface area contributed by atoms with E-state index in [1.807, 2.05) is 79.2 Å². The van der Waals surface area contributed by atoms with E-state index in [4.69, 9.17) is 0 Å². The molecule has 3 amide bonds. The zero-order valence-electron chi connectivity index (χ0n) is 16.8. The van der Waals surface area contributed by atoms with Crippen LogP contribution in [0.15, 0.2) is 60.7 Å². The number of rotatable bonds is 6. The first-order valence-corrected chi connectivity index (χ1v) is 9.46. The van der Waals surface area contributed by atoms with Gasteiger partial charge in [0.15, 0.2) is 0 Å². The number of carbonyl (C=O) groups excluding carboxylic acids is 2. The molecule has 3 N–H and O–H groups in total. The Morgan fingerprint density at radius 1 is 1.00 bits per heavy atom. The molecule has 29 heavy (non-hydrogen) atoms. The van der Waals surface area contributed by atoms with E-state index in [1.54, 1.807) is 6.92 Å². The van der Waals surface area contributed by atoms with Gasteiger partial charge in [-0.05, 0) is 38.5 Å². The molecule has 0 saturated heterocycles. The van der Waals surface area contributed by atoms with Crippen LogP contribution in [0.25, 0.3) is 5.69 Å². The van der Waals surface area contributed by atoms with Gasteiger partial charge in [0.25, 0.3) is 0 Å². The van der Waals surface area contributed by atoms with Gasteiger partial charge in [0, 0.05) is 6.54 Å². The van der Waals surface area contributed by atoms with Gasteiger partial charge in [-0.1, -0.05) is 48.5 Å². The van der Waals surface area contributed by atoms with E-state index < -0.39 is 18.0 Å². The molecule has 1 aromatic heterocycles. The van der Waals surface area contributed by atoms with Crippen LogP contribution in [0.3, 0.4) is 0 Å². The Morgan fingerprint density at radius 2 is 1.62 bits per heavy atom. The summed E-state index contributed by atoms with van der Waals surface area (Å²) in [5.41, 5.74) is 4.35. The fraction of sp³-hybridized carbons (Fsp3) is 0.227. The van der Waals surface area contributed by atoms with Gasteiger partial charge in [0.2, 0.25) is 5.91 Å². The van der Waals surface area contributed by atoms with Crippen LogP contribution in [0.5, 0.6) is 0 Å². The fourth-order valence-electron chi connectivity index (χ4n) is 3.00. The first kappa shape index (κ1) is 20.1. The Labute approximate surface area is 170 Å². The Kier molecular flexibility index (Phi) is 6.29. The molecular weight excluding hydrogens is 366 g/mol. The van der Waals surface area contributed by atoms with Crippen LogP contribution in [0.2, 0.25) is 0 Å². The minimum absolute atomic E-state index is 0.351. The van der Waals surface area contributed by atoms with Crippen LogP contribution in [0.4, 0.5) is 10.5 Å². The van der Waals surface area contributed by atoms with Crippen LogP contribution in [-0.4, -0.2) is 27.8 Å². The molecule has 150 valence electrons. The molecule has 1 atom stereocenters. The monoisotopic (exact) mass is 391 g/mol. The molecule has 3 aromatic rings. The maximum absolute atomic E-state index is 12.4. The van der Waals surface area contributed by atoms with E-state index in [0.29, 0.717) is 6.54 Å². The van der Waals surface area contributed by atoms with Crippen molar-refractivity contribution in [2.75, 3.05) is 5.32 Å². The van der Waals surface area contributed by atoms with Gasteiger partial charge in [0.05, 0.1) is 22.8 Å². The number of hydrogen-bond donors (Lipinski definition) is 3. The lowest BCUT2D eigenvalue weighted by molar-refractivity contribution is -0.120. The van der Waals surface area contributed by atoms with Crippen molar-refractivity contribution in [2.45, 2.75) is 33.4 Å². The van der Waals surface area contributed by atoms with Gasteiger partial charge in [-0.15, -0.1) is 0 Å². The number of carbonyl (C=O) groups is 2. The van der Waals surface area contributed by atoms with E-state index in [-0.39, 0.29) is 0 Å². The molecule has 1 heterocycles. The number of nitrogens with one attached hydrogen (secondary N) is 3.